The minimum atomic E-state index is -1.02. The predicted octanol–water partition coefficient (Wildman–Crippen LogP) is 5.82. The molecule has 3 rings (SSSR count). The van der Waals surface area contributed by atoms with Gasteiger partial charge in [0.15, 0.2) is 0 Å². The third-order valence-corrected chi connectivity index (χ3v) is 6.66. The smallest absolute Gasteiger partial charge is 0.408 e. The first kappa shape index (κ1) is 32.2. The van der Waals surface area contributed by atoms with Crippen LogP contribution in [0.25, 0.3) is 0 Å². The molecule has 0 saturated heterocycles. The lowest BCUT2D eigenvalue weighted by Crippen LogP contribution is -2.54. The van der Waals surface area contributed by atoms with Gasteiger partial charge in [0.2, 0.25) is 11.8 Å². The summed E-state index contributed by atoms with van der Waals surface area (Å²) in [6.45, 7) is 9.86. The van der Waals surface area contributed by atoms with Crippen molar-refractivity contribution in [3.8, 4) is 5.75 Å². The van der Waals surface area contributed by atoms with Gasteiger partial charge in [-0.05, 0) is 62.9 Å². The number of carbonyl (C=O) groups excluding carboxylic acids is 3. The Labute approximate surface area is 249 Å². The summed E-state index contributed by atoms with van der Waals surface area (Å²) in [5.41, 5.74) is 2.62. The number of nitrogens with one attached hydrogen (secondary N) is 2. The fourth-order valence-corrected chi connectivity index (χ4v) is 4.52. The monoisotopic (exact) mass is 573 g/mol. The predicted molar refractivity (Wildman–Crippen MR) is 164 cm³/mol. The topological polar surface area (TPSA) is 108 Å². The number of phenols is 1. The number of nitrogens with zero attached hydrogens (tertiary/aromatic N) is 1. The van der Waals surface area contributed by atoms with Gasteiger partial charge in [-0.1, -0.05) is 85.6 Å². The van der Waals surface area contributed by atoms with Crippen LogP contribution < -0.4 is 10.6 Å². The molecule has 0 aliphatic heterocycles. The fraction of sp³-hybridized carbons (Fsp3) is 0.382. The molecule has 8 heteroatoms. The molecule has 3 amide bonds. The fourth-order valence-electron chi connectivity index (χ4n) is 4.52. The van der Waals surface area contributed by atoms with Gasteiger partial charge >= 0.3 is 6.09 Å². The number of ether oxygens (including phenoxy) is 1. The Morgan fingerprint density at radius 1 is 0.905 bits per heavy atom. The summed E-state index contributed by atoms with van der Waals surface area (Å²) in [5.74, 6) is -0.614. The van der Waals surface area contributed by atoms with Crippen molar-refractivity contribution in [3.05, 3.63) is 101 Å². The molecule has 0 radical (unpaired) electrons. The Kier molecular flexibility index (Phi) is 11.5. The molecule has 0 aliphatic rings. The molecule has 0 aliphatic carbocycles. The summed E-state index contributed by atoms with van der Waals surface area (Å²) < 4.78 is 5.49. The van der Waals surface area contributed by atoms with Crippen molar-refractivity contribution < 1.29 is 24.2 Å². The van der Waals surface area contributed by atoms with Crippen LogP contribution >= 0.6 is 0 Å². The van der Waals surface area contributed by atoms with Crippen molar-refractivity contribution in [3.63, 3.8) is 0 Å². The summed E-state index contributed by atoms with van der Waals surface area (Å²) in [7, 11) is 0. The van der Waals surface area contributed by atoms with Gasteiger partial charge in [-0.25, -0.2) is 4.79 Å². The van der Waals surface area contributed by atoms with Gasteiger partial charge in [0.1, 0.15) is 23.4 Å². The van der Waals surface area contributed by atoms with Crippen molar-refractivity contribution in [1.29, 1.82) is 0 Å². The van der Waals surface area contributed by atoms with Crippen LogP contribution in [0, 0.1) is 6.92 Å². The number of aromatic hydroxyl groups is 1. The number of unbranched alkanes of at least 4 members (excludes halogenated alkanes) is 1. The number of hydrogen-bond acceptors (Lipinski definition) is 5. The molecule has 0 saturated carbocycles. The van der Waals surface area contributed by atoms with Crippen LogP contribution in [-0.4, -0.2) is 46.1 Å². The zero-order valence-electron chi connectivity index (χ0n) is 25.2. The van der Waals surface area contributed by atoms with Gasteiger partial charge in [-0.15, -0.1) is 0 Å². The highest BCUT2D eigenvalue weighted by atomic mass is 16.6. The zero-order valence-corrected chi connectivity index (χ0v) is 25.2. The van der Waals surface area contributed by atoms with Gasteiger partial charge in [0.05, 0.1) is 0 Å². The first-order valence-corrected chi connectivity index (χ1v) is 14.4. The Bertz CT molecular complexity index is 1300. The molecule has 8 nitrogen and oxygen atoms in total. The van der Waals surface area contributed by atoms with E-state index in [1.54, 1.807) is 37.8 Å². The van der Waals surface area contributed by atoms with E-state index in [9.17, 15) is 19.5 Å². The average molecular weight is 574 g/mol. The lowest BCUT2D eigenvalue weighted by atomic mass is 9.99. The van der Waals surface area contributed by atoms with Crippen molar-refractivity contribution in [2.45, 2.75) is 78.1 Å². The molecule has 2 unspecified atom stereocenters. The highest BCUT2D eigenvalue weighted by Gasteiger charge is 2.36. The van der Waals surface area contributed by atoms with Crippen molar-refractivity contribution in [2.24, 2.45) is 0 Å². The average Bonchev–Trinajstić information content (AvgIpc) is 2.94. The quantitative estimate of drug-likeness (QED) is 0.253. The van der Waals surface area contributed by atoms with E-state index in [0.717, 1.165) is 23.1 Å². The number of hydrogen-bond donors (Lipinski definition) is 3. The number of alkyl carbamates (subject to hydrolysis) is 1. The van der Waals surface area contributed by atoms with E-state index in [0.29, 0.717) is 25.1 Å². The molecule has 0 heterocycles. The summed E-state index contributed by atoms with van der Waals surface area (Å²) in [4.78, 5) is 42.8. The number of phenolic OH excluding ortho intramolecular Hbond substituents is 1. The molecule has 2 atom stereocenters. The molecular formula is C34H43N3O5. The molecule has 3 N–H and O–H groups in total. The largest absolute Gasteiger partial charge is 0.508 e. The van der Waals surface area contributed by atoms with Crippen molar-refractivity contribution >= 4 is 17.9 Å². The van der Waals surface area contributed by atoms with E-state index >= 15 is 0 Å². The Morgan fingerprint density at radius 2 is 1.55 bits per heavy atom. The van der Waals surface area contributed by atoms with Crippen LogP contribution in [0.15, 0.2) is 78.9 Å². The van der Waals surface area contributed by atoms with Gasteiger partial charge in [0.25, 0.3) is 0 Å². The lowest BCUT2D eigenvalue weighted by Gasteiger charge is -2.34. The number of benzene rings is 3. The second-order valence-electron chi connectivity index (χ2n) is 11.5. The Balaban J connectivity index is 2.00. The number of amides is 3. The van der Waals surface area contributed by atoms with E-state index in [2.05, 4.69) is 10.6 Å². The number of carbonyl (C=O) groups is 3. The van der Waals surface area contributed by atoms with Crippen molar-refractivity contribution in [1.82, 2.24) is 15.5 Å². The van der Waals surface area contributed by atoms with Gasteiger partial charge in [-0.3, -0.25) is 9.59 Å². The number of rotatable bonds is 12. The maximum atomic E-state index is 14.4. The minimum absolute atomic E-state index is 0.0980. The van der Waals surface area contributed by atoms with Gasteiger partial charge < -0.3 is 25.4 Å². The summed E-state index contributed by atoms with van der Waals surface area (Å²) in [5, 5.41) is 15.5. The second kappa shape index (κ2) is 15.1. The zero-order chi connectivity index (χ0) is 30.7. The molecular weight excluding hydrogens is 530 g/mol. The normalized spacial score (nSPS) is 12.6. The van der Waals surface area contributed by atoms with E-state index in [-0.39, 0.29) is 18.1 Å². The molecule has 42 heavy (non-hydrogen) atoms. The third-order valence-electron chi connectivity index (χ3n) is 6.66. The molecule has 3 aromatic carbocycles. The van der Waals surface area contributed by atoms with Crippen LogP contribution in [0.4, 0.5) is 4.79 Å². The molecule has 0 bridgehead atoms. The van der Waals surface area contributed by atoms with Gasteiger partial charge in [-0.2, -0.15) is 0 Å². The molecule has 3 aromatic rings. The lowest BCUT2D eigenvalue weighted by molar-refractivity contribution is -0.142. The Hall–Kier alpha value is -4.33. The molecule has 224 valence electrons. The molecule has 0 spiro atoms. The third kappa shape index (κ3) is 9.94. The van der Waals surface area contributed by atoms with Gasteiger partial charge in [0, 0.05) is 19.5 Å². The van der Waals surface area contributed by atoms with Crippen LogP contribution in [-0.2, 0) is 27.3 Å². The highest BCUT2D eigenvalue weighted by Crippen LogP contribution is 2.25. The summed E-state index contributed by atoms with van der Waals surface area (Å²) in [6.07, 6.45) is 0.889. The summed E-state index contributed by atoms with van der Waals surface area (Å²) in [6, 6.07) is 21.7. The molecule has 0 fully saturated rings. The molecule has 0 aromatic heterocycles. The number of aryl methyl sites for hydroxylation is 1. The summed E-state index contributed by atoms with van der Waals surface area (Å²) >= 11 is 0. The van der Waals surface area contributed by atoms with Crippen LogP contribution in [0.2, 0.25) is 0 Å². The van der Waals surface area contributed by atoms with E-state index < -0.39 is 29.7 Å². The first-order valence-electron chi connectivity index (χ1n) is 14.4. The van der Waals surface area contributed by atoms with Crippen molar-refractivity contribution in [2.75, 3.05) is 6.54 Å². The minimum Gasteiger partial charge on any atom is -0.508 e. The van der Waals surface area contributed by atoms with E-state index in [4.69, 9.17) is 4.74 Å². The first-order chi connectivity index (χ1) is 20.0. The standard InChI is InChI=1S/C34H43N3O5/c1-6-7-21-37(30(27-17-13-24(2)14-18-27)31(39)35-23-26-11-9-8-10-12-26)32(40)29(36-33(41)42-34(3,4)5)22-25-15-19-28(38)20-16-25/h8-20,29-30,38H,6-7,21-23H2,1-5H3,(H,35,39)(H,36,41). The van der Waals surface area contributed by atoms with E-state index in [1.807, 2.05) is 68.4 Å². The SMILES string of the molecule is CCCCN(C(=O)C(Cc1ccc(O)cc1)NC(=O)OC(C)(C)C)C(C(=O)NCc1ccccc1)c1ccc(C)cc1. The van der Waals surface area contributed by atoms with Crippen LogP contribution in [0.5, 0.6) is 5.75 Å². The second-order valence-corrected chi connectivity index (χ2v) is 11.5. The highest BCUT2D eigenvalue weighted by molar-refractivity contribution is 5.92. The Morgan fingerprint density at radius 3 is 2.14 bits per heavy atom. The van der Waals surface area contributed by atoms with Crippen LogP contribution in [0.1, 0.15) is 68.8 Å². The van der Waals surface area contributed by atoms with Crippen LogP contribution in [0.3, 0.4) is 0 Å². The maximum absolute atomic E-state index is 14.4. The maximum Gasteiger partial charge on any atom is 0.408 e. The van der Waals surface area contributed by atoms with E-state index in [1.165, 1.54) is 12.1 Å².